The summed E-state index contributed by atoms with van der Waals surface area (Å²) >= 11 is 0. The van der Waals surface area contributed by atoms with Crippen molar-refractivity contribution < 1.29 is 23.8 Å². The average Bonchev–Trinajstić information content (AvgIpc) is 2.77. The molecule has 1 saturated heterocycles. The third-order valence-electron chi connectivity index (χ3n) is 5.21. The van der Waals surface area contributed by atoms with Crippen LogP contribution in [0.4, 0.5) is 16.2 Å². The van der Waals surface area contributed by atoms with Gasteiger partial charge in [0.25, 0.3) is 0 Å². The molecule has 1 N–H and O–H groups in total. The van der Waals surface area contributed by atoms with Gasteiger partial charge >= 0.3 is 12.1 Å². The maximum Gasteiger partial charge on any atom is 0.412 e. The molecule has 178 valence electrons. The lowest BCUT2D eigenvalue weighted by molar-refractivity contribution is 0.00678. The minimum atomic E-state index is -0.629. The zero-order valence-corrected chi connectivity index (χ0v) is 20.1. The number of nitrogens with zero attached hydrogens (tertiary/aromatic N) is 1. The molecular formula is C26H34N2O5. The fraction of sp³-hybridized carbons (Fsp3) is 0.462. The van der Waals surface area contributed by atoms with Crippen molar-refractivity contribution in [3.05, 3.63) is 59.2 Å². The zero-order valence-electron chi connectivity index (χ0n) is 20.1. The molecule has 0 aromatic heterocycles. The van der Waals surface area contributed by atoms with E-state index in [0.717, 1.165) is 16.8 Å². The van der Waals surface area contributed by atoms with Crippen LogP contribution in [0.1, 0.15) is 62.0 Å². The fourth-order valence-corrected chi connectivity index (χ4v) is 3.63. The molecule has 0 aliphatic carbocycles. The molecule has 3 rings (SSSR count). The minimum absolute atomic E-state index is 0.0893. The average molecular weight is 455 g/mol. The summed E-state index contributed by atoms with van der Waals surface area (Å²) in [5.41, 5.74) is 2.93. The van der Waals surface area contributed by atoms with Crippen LogP contribution in [0.3, 0.4) is 0 Å². The predicted octanol–water partition coefficient (Wildman–Crippen LogP) is 5.35. The molecule has 0 radical (unpaired) electrons. The van der Waals surface area contributed by atoms with Gasteiger partial charge in [-0.15, -0.1) is 0 Å². The highest BCUT2D eigenvalue weighted by Gasteiger charge is 2.26. The summed E-state index contributed by atoms with van der Waals surface area (Å²) in [5, 5.41) is 2.85. The molecule has 2 aromatic carbocycles. The third kappa shape index (κ3) is 6.96. The van der Waals surface area contributed by atoms with E-state index < -0.39 is 17.7 Å². The summed E-state index contributed by atoms with van der Waals surface area (Å²) < 4.78 is 16.6. The maximum atomic E-state index is 13.0. The summed E-state index contributed by atoms with van der Waals surface area (Å²) in [6, 6.07) is 13.2. The van der Waals surface area contributed by atoms with Crippen molar-refractivity contribution in [1.29, 1.82) is 0 Å². The Hall–Kier alpha value is -3.06. The van der Waals surface area contributed by atoms with Gasteiger partial charge in [0.1, 0.15) is 12.2 Å². The molecule has 1 heterocycles. The number of ether oxygens (including phenoxy) is 3. The van der Waals surface area contributed by atoms with Crippen LogP contribution in [0.5, 0.6) is 0 Å². The van der Waals surface area contributed by atoms with Crippen molar-refractivity contribution >= 4 is 23.4 Å². The van der Waals surface area contributed by atoms with Crippen molar-refractivity contribution in [1.82, 2.24) is 0 Å². The first kappa shape index (κ1) is 24.6. The number of morpholine rings is 1. The van der Waals surface area contributed by atoms with E-state index in [4.69, 9.17) is 14.2 Å². The molecule has 0 unspecified atom stereocenters. The van der Waals surface area contributed by atoms with E-state index in [0.29, 0.717) is 37.6 Å². The van der Waals surface area contributed by atoms with Crippen molar-refractivity contribution in [3.8, 4) is 0 Å². The van der Waals surface area contributed by atoms with E-state index >= 15 is 0 Å². The Bertz CT molecular complexity index is 961. The van der Waals surface area contributed by atoms with Gasteiger partial charge in [-0.1, -0.05) is 44.2 Å². The first-order chi connectivity index (χ1) is 15.6. The molecule has 0 atom stereocenters. The summed E-state index contributed by atoms with van der Waals surface area (Å²) in [5.74, 6) is -0.327. The molecule has 1 aliphatic rings. The molecule has 7 nitrogen and oxygen atoms in total. The first-order valence-corrected chi connectivity index (χ1v) is 11.4. The van der Waals surface area contributed by atoms with Gasteiger partial charge in [-0.3, -0.25) is 5.32 Å². The number of benzene rings is 2. The highest BCUT2D eigenvalue weighted by molar-refractivity contribution is 5.98. The summed E-state index contributed by atoms with van der Waals surface area (Å²) in [4.78, 5) is 27.8. The minimum Gasteiger partial charge on any atom is -0.456 e. The lowest BCUT2D eigenvalue weighted by Gasteiger charge is -2.32. The predicted molar refractivity (Wildman–Crippen MR) is 129 cm³/mol. The standard InChI is InChI=1S/C26H34N2O5/c1-18(2)20-16-23(28-11-13-31-14-12-28)22(15-21(20)24(29)33-26(3,4)5)27-25(30)32-17-19-9-7-6-8-10-19/h6-10,15-16,18H,11-14,17H2,1-5H3,(H,27,30). The van der Waals surface area contributed by atoms with Gasteiger partial charge in [-0.25, -0.2) is 9.59 Å². The van der Waals surface area contributed by atoms with Crippen LogP contribution in [0.25, 0.3) is 0 Å². The van der Waals surface area contributed by atoms with E-state index in [2.05, 4.69) is 10.2 Å². The monoisotopic (exact) mass is 454 g/mol. The summed E-state index contributed by atoms with van der Waals surface area (Å²) in [7, 11) is 0. The highest BCUT2D eigenvalue weighted by Crippen LogP contribution is 2.35. The number of amides is 1. The Kier molecular flexibility index (Phi) is 7.97. The van der Waals surface area contributed by atoms with Crippen LogP contribution < -0.4 is 10.2 Å². The number of rotatable bonds is 6. The van der Waals surface area contributed by atoms with E-state index in [1.54, 1.807) is 6.07 Å². The van der Waals surface area contributed by atoms with Crippen molar-refractivity contribution in [2.75, 3.05) is 36.5 Å². The largest absolute Gasteiger partial charge is 0.456 e. The Balaban J connectivity index is 1.92. The molecule has 1 fully saturated rings. The number of nitrogens with one attached hydrogen (secondary N) is 1. The Morgan fingerprint density at radius 2 is 1.76 bits per heavy atom. The maximum absolute atomic E-state index is 13.0. The van der Waals surface area contributed by atoms with E-state index in [9.17, 15) is 9.59 Å². The lowest BCUT2D eigenvalue weighted by atomic mass is 9.94. The third-order valence-corrected chi connectivity index (χ3v) is 5.21. The Labute approximate surface area is 196 Å². The number of hydrogen-bond acceptors (Lipinski definition) is 6. The van der Waals surface area contributed by atoms with E-state index in [-0.39, 0.29) is 12.5 Å². The van der Waals surface area contributed by atoms with E-state index in [1.165, 1.54) is 0 Å². The molecular weight excluding hydrogens is 420 g/mol. The molecule has 2 aromatic rings. The zero-order chi connectivity index (χ0) is 24.0. The SMILES string of the molecule is CC(C)c1cc(N2CCOCC2)c(NC(=O)OCc2ccccc2)cc1C(=O)OC(C)(C)C. The molecule has 33 heavy (non-hydrogen) atoms. The molecule has 0 bridgehead atoms. The molecule has 0 spiro atoms. The van der Waals surface area contributed by atoms with Crippen LogP contribution in [0.15, 0.2) is 42.5 Å². The number of hydrogen-bond donors (Lipinski definition) is 1. The number of esters is 1. The van der Waals surface area contributed by atoms with E-state index in [1.807, 2.05) is 71.0 Å². The topological polar surface area (TPSA) is 77.1 Å². The first-order valence-electron chi connectivity index (χ1n) is 11.4. The van der Waals surface area contributed by atoms with Gasteiger partial charge in [0.2, 0.25) is 0 Å². The Morgan fingerprint density at radius 1 is 1.09 bits per heavy atom. The number of carbonyl (C=O) groups is 2. The van der Waals surface area contributed by atoms with Gasteiger partial charge in [0.15, 0.2) is 0 Å². The highest BCUT2D eigenvalue weighted by atomic mass is 16.6. The van der Waals surface area contributed by atoms with Crippen LogP contribution in [0, 0.1) is 0 Å². The van der Waals surface area contributed by atoms with Crippen LogP contribution >= 0.6 is 0 Å². The smallest absolute Gasteiger partial charge is 0.412 e. The number of anilines is 2. The lowest BCUT2D eigenvalue weighted by Crippen LogP contribution is -2.37. The molecule has 1 aliphatic heterocycles. The molecule has 0 saturated carbocycles. The van der Waals surface area contributed by atoms with Gasteiger partial charge in [-0.2, -0.15) is 0 Å². The molecule has 1 amide bonds. The van der Waals surface area contributed by atoms with Crippen molar-refractivity contribution in [3.63, 3.8) is 0 Å². The quantitative estimate of drug-likeness (QED) is 0.593. The summed E-state index contributed by atoms with van der Waals surface area (Å²) in [6.45, 7) is 12.3. The van der Waals surface area contributed by atoms with Gasteiger partial charge in [-0.05, 0) is 49.9 Å². The summed E-state index contributed by atoms with van der Waals surface area (Å²) in [6.07, 6.45) is -0.583. The van der Waals surface area contributed by atoms with Crippen LogP contribution in [-0.2, 0) is 20.8 Å². The number of carbonyl (C=O) groups excluding carboxylic acids is 2. The van der Waals surface area contributed by atoms with Crippen LogP contribution in [-0.4, -0.2) is 44.0 Å². The molecule has 7 heteroatoms. The normalized spacial score (nSPS) is 14.2. The Morgan fingerprint density at radius 3 is 2.36 bits per heavy atom. The second kappa shape index (κ2) is 10.7. The fourth-order valence-electron chi connectivity index (χ4n) is 3.63. The van der Waals surface area contributed by atoms with Crippen LogP contribution in [0.2, 0.25) is 0 Å². The van der Waals surface area contributed by atoms with Crippen molar-refractivity contribution in [2.45, 2.75) is 52.7 Å². The van der Waals surface area contributed by atoms with Gasteiger partial charge in [0, 0.05) is 13.1 Å². The van der Waals surface area contributed by atoms with Gasteiger partial charge < -0.3 is 19.1 Å². The second-order valence-corrected chi connectivity index (χ2v) is 9.40. The second-order valence-electron chi connectivity index (χ2n) is 9.40. The van der Waals surface area contributed by atoms with Gasteiger partial charge in [0.05, 0.1) is 30.2 Å². The van der Waals surface area contributed by atoms with Crippen molar-refractivity contribution in [2.24, 2.45) is 0 Å².